The Kier molecular flexibility index (Phi) is 5.00. The maximum atomic E-state index is 12.3. The summed E-state index contributed by atoms with van der Waals surface area (Å²) in [4.78, 5) is 10.8. The first-order valence-corrected chi connectivity index (χ1v) is 8.30. The molecule has 0 fully saturated rings. The number of anilines is 1. The van der Waals surface area contributed by atoms with Crippen LogP contribution in [0.2, 0.25) is 0 Å². The molecule has 0 saturated carbocycles. The number of hydrogen-bond donors (Lipinski definition) is 1. The van der Waals surface area contributed by atoms with Crippen LogP contribution in [0.3, 0.4) is 0 Å². The van der Waals surface area contributed by atoms with E-state index in [4.69, 9.17) is 11.6 Å². The number of carbonyl (C=O) groups is 1. The van der Waals surface area contributed by atoms with Crippen molar-refractivity contribution >= 4 is 38.6 Å². The Morgan fingerprint density at radius 1 is 1.14 bits per heavy atom. The summed E-state index contributed by atoms with van der Waals surface area (Å²) in [5.41, 5.74) is 2.10. The van der Waals surface area contributed by atoms with Gasteiger partial charge in [-0.3, -0.25) is 9.52 Å². The average molecular weight is 336 g/mol. The second-order valence-corrected chi connectivity index (χ2v) is 6.74. The molecule has 114 valence electrons. The van der Waals surface area contributed by atoms with Crippen molar-refractivity contribution in [1.82, 2.24) is 0 Å². The average Bonchev–Trinajstić information content (AvgIpc) is 2.48. The molecule has 0 heterocycles. The molecule has 2 aromatic carbocycles. The molecule has 0 spiro atoms. The van der Waals surface area contributed by atoms with Gasteiger partial charge in [-0.05, 0) is 54.4 Å². The molecule has 1 N–H and O–H groups in total. The van der Waals surface area contributed by atoms with Gasteiger partial charge in [0.05, 0.1) is 4.90 Å². The Labute approximate surface area is 134 Å². The lowest BCUT2D eigenvalue weighted by Gasteiger charge is -2.09. The molecular weight excluding hydrogens is 322 g/mol. The molecular formula is C16H14ClNO3S. The zero-order valence-electron chi connectivity index (χ0n) is 11.8. The van der Waals surface area contributed by atoms with Gasteiger partial charge in [-0.15, -0.1) is 0 Å². The van der Waals surface area contributed by atoms with Gasteiger partial charge >= 0.3 is 0 Å². The maximum Gasteiger partial charge on any atom is 0.261 e. The number of sulfonamides is 1. The van der Waals surface area contributed by atoms with Crippen LogP contribution in [-0.4, -0.2) is 13.7 Å². The lowest BCUT2D eigenvalue weighted by Crippen LogP contribution is -2.12. The van der Waals surface area contributed by atoms with E-state index in [1.54, 1.807) is 24.3 Å². The molecule has 0 amide bonds. The highest BCUT2D eigenvalue weighted by atomic mass is 35.5. The van der Waals surface area contributed by atoms with Crippen molar-refractivity contribution in [2.45, 2.75) is 11.8 Å². The van der Waals surface area contributed by atoms with E-state index in [1.807, 2.05) is 19.1 Å². The van der Waals surface area contributed by atoms with Crippen molar-refractivity contribution in [3.63, 3.8) is 0 Å². The van der Waals surface area contributed by atoms with Crippen molar-refractivity contribution in [2.75, 3.05) is 4.72 Å². The molecule has 0 saturated heterocycles. The third kappa shape index (κ3) is 4.44. The number of hydrogen-bond acceptors (Lipinski definition) is 3. The van der Waals surface area contributed by atoms with Crippen LogP contribution < -0.4 is 4.72 Å². The van der Waals surface area contributed by atoms with Crippen LogP contribution in [0.4, 0.5) is 5.69 Å². The lowest BCUT2D eigenvalue weighted by molar-refractivity contribution is -0.107. The van der Waals surface area contributed by atoms with Gasteiger partial charge in [0.25, 0.3) is 10.0 Å². The molecule has 4 nitrogen and oxygen atoms in total. The van der Waals surface area contributed by atoms with Crippen molar-refractivity contribution in [2.24, 2.45) is 0 Å². The first-order valence-electron chi connectivity index (χ1n) is 6.44. The minimum atomic E-state index is -3.69. The van der Waals surface area contributed by atoms with Crippen LogP contribution in [0.25, 0.3) is 6.08 Å². The fraction of sp³-hybridized carbons (Fsp3) is 0.0625. The summed E-state index contributed by atoms with van der Waals surface area (Å²) in [7, 11) is -3.69. The van der Waals surface area contributed by atoms with Crippen molar-refractivity contribution in [1.29, 1.82) is 0 Å². The molecule has 0 unspecified atom stereocenters. The van der Waals surface area contributed by atoms with E-state index in [1.165, 1.54) is 24.3 Å². The Morgan fingerprint density at radius 2 is 1.82 bits per heavy atom. The predicted octanol–water partition coefficient (Wildman–Crippen LogP) is 3.57. The first kappa shape index (κ1) is 16.3. The fourth-order valence-corrected chi connectivity index (χ4v) is 2.96. The third-order valence-corrected chi connectivity index (χ3v) is 4.38. The van der Waals surface area contributed by atoms with E-state index in [0.717, 1.165) is 5.56 Å². The second-order valence-electron chi connectivity index (χ2n) is 4.68. The molecule has 2 aromatic rings. The second kappa shape index (κ2) is 6.77. The number of nitrogens with one attached hydrogen (secondary N) is 1. The summed E-state index contributed by atoms with van der Waals surface area (Å²) >= 11 is 5.22. The first-order chi connectivity index (χ1) is 10.4. The summed E-state index contributed by atoms with van der Waals surface area (Å²) in [6.07, 6.45) is 2.63. The lowest BCUT2D eigenvalue weighted by atomic mass is 10.2. The molecule has 6 heteroatoms. The highest BCUT2D eigenvalue weighted by molar-refractivity contribution is 7.92. The van der Waals surface area contributed by atoms with Gasteiger partial charge in [0.2, 0.25) is 5.24 Å². The molecule has 0 aliphatic heterocycles. The van der Waals surface area contributed by atoms with E-state index in [9.17, 15) is 13.2 Å². The number of halogens is 1. The van der Waals surface area contributed by atoms with Gasteiger partial charge in [0.1, 0.15) is 0 Å². The highest BCUT2D eigenvalue weighted by Gasteiger charge is 2.14. The van der Waals surface area contributed by atoms with Crippen LogP contribution in [0, 0.1) is 6.92 Å². The smallest absolute Gasteiger partial charge is 0.261 e. The fourth-order valence-electron chi connectivity index (χ4n) is 1.78. The largest absolute Gasteiger partial charge is 0.280 e. The predicted molar refractivity (Wildman–Crippen MR) is 88.3 cm³/mol. The zero-order valence-corrected chi connectivity index (χ0v) is 13.4. The summed E-state index contributed by atoms with van der Waals surface area (Å²) < 4.78 is 27.2. The van der Waals surface area contributed by atoms with E-state index in [2.05, 4.69) is 4.72 Å². The molecule has 2 rings (SSSR count). The maximum absolute atomic E-state index is 12.3. The number of rotatable bonds is 5. The van der Waals surface area contributed by atoms with Crippen LogP contribution in [0.15, 0.2) is 59.5 Å². The molecule has 0 atom stereocenters. The SMILES string of the molecule is Cc1ccc(NS(=O)(=O)c2cccc(/C=C/C(=O)Cl)c2)cc1. The number of benzene rings is 2. The van der Waals surface area contributed by atoms with Gasteiger partial charge in [-0.2, -0.15) is 0 Å². The summed E-state index contributed by atoms with van der Waals surface area (Å²) in [6, 6.07) is 13.3. The Bertz CT molecular complexity index is 812. The Morgan fingerprint density at radius 3 is 2.45 bits per heavy atom. The summed E-state index contributed by atoms with van der Waals surface area (Å²) in [6.45, 7) is 1.92. The van der Waals surface area contributed by atoms with E-state index >= 15 is 0 Å². The molecule has 0 bridgehead atoms. The highest BCUT2D eigenvalue weighted by Crippen LogP contribution is 2.18. The zero-order chi connectivity index (χ0) is 16.2. The van der Waals surface area contributed by atoms with Gasteiger partial charge in [0.15, 0.2) is 0 Å². The van der Waals surface area contributed by atoms with E-state index in [-0.39, 0.29) is 4.90 Å². The minimum absolute atomic E-state index is 0.109. The topological polar surface area (TPSA) is 63.2 Å². The normalized spacial score (nSPS) is 11.5. The third-order valence-electron chi connectivity index (χ3n) is 2.88. The molecule has 0 aromatic heterocycles. The molecule has 0 aliphatic rings. The van der Waals surface area contributed by atoms with Crippen LogP contribution in [0.5, 0.6) is 0 Å². The Hall–Kier alpha value is -2.11. The van der Waals surface area contributed by atoms with Crippen molar-refractivity contribution in [3.8, 4) is 0 Å². The standard InChI is InChI=1S/C16H14ClNO3S/c1-12-5-8-14(9-6-12)18-22(20,21)15-4-2-3-13(11-15)7-10-16(17)19/h2-11,18H,1H3/b10-7+. The van der Waals surface area contributed by atoms with Gasteiger partial charge in [-0.25, -0.2) is 8.42 Å². The van der Waals surface area contributed by atoms with Gasteiger partial charge in [0, 0.05) is 5.69 Å². The van der Waals surface area contributed by atoms with Gasteiger partial charge < -0.3 is 0 Å². The molecule has 0 radical (unpaired) electrons. The van der Waals surface area contributed by atoms with Gasteiger partial charge in [-0.1, -0.05) is 35.9 Å². The minimum Gasteiger partial charge on any atom is -0.280 e. The number of aryl methyl sites for hydroxylation is 1. The molecule has 22 heavy (non-hydrogen) atoms. The van der Waals surface area contributed by atoms with Crippen LogP contribution in [0.1, 0.15) is 11.1 Å². The summed E-state index contributed by atoms with van der Waals surface area (Å²) in [5.74, 6) is 0. The molecule has 0 aliphatic carbocycles. The van der Waals surface area contributed by atoms with E-state index in [0.29, 0.717) is 11.3 Å². The van der Waals surface area contributed by atoms with Crippen molar-refractivity contribution < 1.29 is 13.2 Å². The quantitative estimate of drug-likeness (QED) is 0.671. The number of carbonyl (C=O) groups excluding carboxylic acids is 1. The number of allylic oxidation sites excluding steroid dienone is 1. The van der Waals surface area contributed by atoms with Crippen LogP contribution >= 0.6 is 11.6 Å². The van der Waals surface area contributed by atoms with Crippen LogP contribution in [-0.2, 0) is 14.8 Å². The van der Waals surface area contributed by atoms with E-state index < -0.39 is 15.3 Å². The summed E-state index contributed by atoms with van der Waals surface area (Å²) in [5, 5.41) is -0.619. The van der Waals surface area contributed by atoms with Crippen molar-refractivity contribution in [3.05, 3.63) is 65.7 Å². The Balaban J connectivity index is 2.27. The monoisotopic (exact) mass is 335 g/mol.